The molecule has 0 aliphatic rings. The molecular weight excluding hydrogens is 355 g/mol. The summed E-state index contributed by atoms with van der Waals surface area (Å²) >= 11 is 1.06. The zero-order valence-electron chi connectivity index (χ0n) is 13.6. The second kappa shape index (κ2) is 7.80. The Hall–Kier alpha value is -3.18. The second-order valence-electron chi connectivity index (χ2n) is 5.29. The lowest BCUT2D eigenvalue weighted by Crippen LogP contribution is -2.22. The number of carbonyl (C=O) groups is 1. The van der Waals surface area contributed by atoms with Crippen molar-refractivity contribution in [2.75, 3.05) is 5.32 Å². The van der Waals surface area contributed by atoms with Gasteiger partial charge in [0.05, 0.1) is 22.4 Å². The number of rotatable bonds is 5. The van der Waals surface area contributed by atoms with Crippen molar-refractivity contribution in [3.8, 4) is 17.5 Å². The molecule has 0 aliphatic heterocycles. The number of amides is 1. The molecule has 0 bridgehead atoms. The Morgan fingerprint density at radius 3 is 2.85 bits per heavy atom. The normalized spacial score (nSPS) is 11.6. The van der Waals surface area contributed by atoms with E-state index < -0.39 is 11.1 Å². The molecule has 0 aliphatic carbocycles. The number of thioether (sulfide) groups is 1. The highest BCUT2D eigenvalue weighted by molar-refractivity contribution is 8.00. The maximum absolute atomic E-state index is 13.8. The van der Waals surface area contributed by atoms with Gasteiger partial charge < -0.3 is 9.73 Å². The van der Waals surface area contributed by atoms with E-state index in [-0.39, 0.29) is 22.6 Å². The fourth-order valence-corrected chi connectivity index (χ4v) is 2.80. The zero-order chi connectivity index (χ0) is 18.5. The molecule has 1 amide bonds. The van der Waals surface area contributed by atoms with Gasteiger partial charge in [0.25, 0.3) is 11.1 Å². The average molecular weight is 368 g/mol. The summed E-state index contributed by atoms with van der Waals surface area (Å²) in [5.41, 5.74) is 1.19. The first-order chi connectivity index (χ1) is 12.6. The molecule has 2 aromatic carbocycles. The number of nitriles is 1. The molecule has 0 radical (unpaired) electrons. The Morgan fingerprint density at radius 1 is 1.27 bits per heavy atom. The molecule has 1 N–H and O–H groups in total. The van der Waals surface area contributed by atoms with Crippen molar-refractivity contribution in [1.29, 1.82) is 5.26 Å². The van der Waals surface area contributed by atoms with E-state index in [0.29, 0.717) is 11.3 Å². The van der Waals surface area contributed by atoms with Crippen LogP contribution in [-0.4, -0.2) is 21.4 Å². The van der Waals surface area contributed by atoms with Crippen LogP contribution in [0.25, 0.3) is 11.5 Å². The van der Waals surface area contributed by atoms with Gasteiger partial charge in [0.2, 0.25) is 5.91 Å². The summed E-state index contributed by atoms with van der Waals surface area (Å²) in [6, 6.07) is 14.7. The molecule has 6 nitrogen and oxygen atoms in total. The molecule has 130 valence electrons. The zero-order valence-corrected chi connectivity index (χ0v) is 14.5. The van der Waals surface area contributed by atoms with Gasteiger partial charge in [-0.3, -0.25) is 4.79 Å². The number of nitrogens with zero attached hydrogens (tertiary/aromatic N) is 3. The van der Waals surface area contributed by atoms with Gasteiger partial charge in [0.15, 0.2) is 0 Å². The van der Waals surface area contributed by atoms with Crippen LogP contribution in [0.2, 0.25) is 0 Å². The first kappa shape index (κ1) is 17.6. The maximum atomic E-state index is 13.8. The second-order valence-corrected chi connectivity index (χ2v) is 6.59. The summed E-state index contributed by atoms with van der Waals surface area (Å²) in [6.07, 6.45) is 0. The number of hydrogen-bond acceptors (Lipinski definition) is 6. The smallest absolute Gasteiger partial charge is 0.277 e. The highest BCUT2D eigenvalue weighted by Crippen LogP contribution is 2.28. The third kappa shape index (κ3) is 4.07. The van der Waals surface area contributed by atoms with Gasteiger partial charge in [0, 0.05) is 5.69 Å². The molecule has 0 unspecified atom stereocenters. The van der Waals surface area contributed by atoms with Crippen molar-refractivity contribution in [3.05, 3.63) is 59.9 Å². The maximum Gasteiger partial charge on any atom is 0.277 e. The molecule has 26 heavy (non-hydrogen) atoms. The average Bonchev–Trinajstić information content (AvgIpc) is 3.10. The molecule has 0 saturated carbocycles. The summed E-state index contributed by atoms with van der Waals surface area (Å²) in [5, 5.41) is 18.9. The minimum absolute atomic E-state index is 0.0555. The van der Waals surface area contributed by atoms with E-state index in [4.69, 9.17) is 9.68 Å². The summed E-state index contributed by atoms with van der Waals surface area (Å²) < 4.78 is 19.2. The van der Waals surface area contributed by atoms with E-state index in [0.717, 1.165) is 11.8 Å². The third-order valence-corrected chi connectivity index (χ3v) is 4.35. The number of carbonyl (C=O) groups excluding carboxylic acids is 1. The topological polar surface area (TPSA) is 91.8 Å². The Bertz CT molecular complexity index is 983. The lowest BCUT2D eigenvalue weighted by molar-refractivity contribution is -0.115. The Balaban J connectivity index is 1.66. The highest BCUT2D eigenvalue weighted by Gasteiger charge is 2.20. The van der Waals surface area contributed by atoms with E-state index in [2.05, 4.69) is 15.5 Å². The minimum atomic E-state index is -0.533. The predicted molar refractivity (Wildman–Crippen MR) is 94.8 cm³/mol. The van der Waals surface area contributed by atoms with Crippen molar-refractivity contribution in [1.82, 2.24) is 10.2 Å². The molecule has 3 aromatic rings. The number of anilines is 1. The molecule has 0 saturated heterocycles. The Morgan fingerprint density at radius 2 is 2.08 bits per heavy atom. The van der Waals surface area contributed by atoms with Crippen molar-refractivity contribution in [3.63, 3.8) is 0 Å². The van der Waals surface area contributed by atoms with Gasteiger partial charge in [-0.1, -0.05) is 30.0 Å². The van der Waals surface area contributed by atoms with Gasteiger partial charge in [-0.15, -0.1) is 10.2 Å². The van der Waals surface area contributed by atoms with Crippen LogP contribution in [0.3, 0.4) is 0 Å². The van der Waals surface area contributed by atoms with Gasteiger partial charge in [0.1, 0.15) is 5.82 Å². The molecule has 1 atom stereocenters. The fraction of sp³-hybridized carbons (Fsp3) is 0.111. The van der Waals surface area contributed by atoms with Gasteiger partial charge in [-0.2, -0.15) is 5.26 Å². The fourth-order valence-electron chi connectivity index (χ4n) is 2.12. The van der Waals surface area contributed by atoms with Crippen molar-refractivity contribution in [2.45, 2.75) is 17.4 Å². The molecule has 0 fully saturated rings. The molecule has 1 heterocycles. The molecular formula is C18H13FN4O2S. The van der Waals surface area contributed by atoms with Crippen molar-refractivity contribution in [2.24, 2.45) is 0 Å². The standard InChI is InChI=1S/C18H13FN4O2S/c1-11(16(24)21-13-6-4-5-12(9-13)10-20)26-18-23-22-17(25-18)14-7-2-3-8-15(14)19/h2-9,11H,1H3,(H,21,24)/t11-/m0/s1. The lowest BCUT2D eigenvalue weighted by atomic mass is 10.2. The largest absolute Gasteiger partial charge is 0.411 e. The number of benzene rings is 2. The van der Waals surface area contributed by atoms with Crippen LogP contribution in [0, 0.1) is 17.1 Å². The molecule has 8 heteroatoms. The summed E-state index contributed by atoms with van der Waals surface area (Å²) in [4.78, 5) is 12.3. The minimum Gasteiger partial charge on any atom is -0.411 e. The van der Waals surface area contributed by atoms with Crippen LogP contribution in [0.5, 0.6) is 0 Å². The van der Waals surface area contributed by atoms with Crippen LogP contribution in [0.4, 0.5) is 10.1 Å². The van der Waals surface area contributed by atoms with Gasteiger partial charge >= 0.3 is 0 Å². The number of hydrogen-bond donors (Lipinski definition) is 1. The SMILES string of the molecule is C[C@H](Sc1nnc(-c2ccccc2F)o1)C(=O)Nc1cccc(C#N)c1. The van der Waals surface area contributed by atoms with Gasteiger partial charge in [-0.25, -0.2) is 4.39 Å². The van der Waals surface area contributed by atoms with Crippen LogP contribution in [0.1, 0.15) is 12.5 Å². The summed E-state index contributed by atoms with van der Waals surface area (Å²) in [6.45, 7) is 1.68. The van der Waals surface area contributed by atoms with E-state index in [1.165, 1.54) is 12.1 Å². The van der Waals surface area contributed by atoms with Crippen LogP contribution in [0.15, 0.2) is 58.2 Å². The van der Waals surface area contributed by atoms with Gasteiger partial charge in [-0.05, 0) is 37.3 Å². The van der Waals surface area contributed by atoms with Crippen molar-refractivity contribution < 1.29 is 13.6 Å². The van der Waals surface area contributed by atoms with Crippen LogP contribution in [-0.2, 0) is 4.79 Å². The number of halogens is 1. The van der Waals surface area contributed by atoms with E-state index in [1.807, 2.05) is 6.07 Å². The molecule has 3 rings (SSSR count). The van der Waals surface area contributed by atoms with E-state index >= 15 is 0 Å². The third-order valence-electron chi connectivity index (χ3n) is 3.42. The van der Waals surface area contributed by atoms with Crippen LogP contribution >= 0.6 is 11.8 Å². The van der Waals surface area contributed by atoms with E-state index in [9.17, 15) is 9.18 Å². The molecule has 0 spiro atoms. The van der Waals surface area contributed by atoms with Crippen molar-refractivity contribution >= 4 is 23.4 Å². The quantitative estimate of drug-likeness (QED) is 0.688. The van der Waals surface area contributed by atoms with E-state index in [1.54, 1.807) is 43.3 Å². The molecule has 1 aromatic heterocycles. The monoisotopic (exact) mass is 368 g/mol. The number of aromatic nitrogens is 2. The first-order valence-corrected chi connectivity index (χ1v) is 8.51. The highest BCUT2D eigenvalue weighted by atomic mass is 32.2. The van der Waals surface area contributed by atoms with Crippen LogP contribution < -0.4 is 5.32 Å². The summed E-state index contributed by atoms with van der Waals surface area (Å²) in [5.74, 6) is -0.688. The lowest BCUT2D eigenvalue weighted by Gasteiger charge is -2.09. The Labute approximate surface area is 153 Å². The predicted octanol–water partition coefficient (Wildman–Crippen LogP) is 3.87. The first-order valence-electron chi connectivity index (χ1n) is 7.63. The number of nitrogens with one attached hydrogen (secondary N) is 1. The Kier molecular flexibility index (Phi) is 5.29. The summed E-state index contributed by atoms with van der Waals surface area (Å²) in [7, 11) is 0.